The molecule has 0 saturated heterocycles. The lowest BCUT2D eigenvalue weighted by Crippen LogP contribution is -2.39. The van der Waals surface area contributed by atoms with E-state index in [9.17, 15) is 9.59 Å². The monoisotopic (exact) mass is 355 g/mol. The molecule has 3 rings (SSSR count). The summed E-state index contributed by atoms with van der Waals surface area (Å²) in [6.07, 6.45) is 0.898. The van der Waals surface area contributed by atoms with Crippen molar-refractivity contribution in [3.63, 3.8) is 0 Å². The van der Waals surface area contributed by atoms with Crippen LogP contribution in [0.1, 0.15) is 48.7 Å². The van der Waals surface area contributed by atoms with Gasteiger partial charge in [0.25, 0.3) is 0 Å². The third-order valence-corrected chi connectivity index (χ3v) is 4.80. The van der Waals surface area contributed by atoms with Crippen LogP contribution < -0.4 is 0 Å². The van der Waals surface area contributed by atoms with E-state index in [2.05, 4.69) is 31.1 Å². The van der Waals surface area contributed by atoms with Gasteiger partial charge in [-0.15, -0.1) is 0 Å². The van der Waals surface area contributed by atoms with Crippen molar-refractivity contribution in [3.05, 3.63) is 52.8 Å². The maximum Gasteiger partial charge on any atom is 0.303 e. The fourth-order valence-electron chi connectivity index (χ4n) is 3.20. The van der Waals surface area contributed by atoms with Gasteiger partial charge in [-0.3, -0.25) is 14.3 Å². The van der Waals surface area contributed by atoms with E-state index in [0.717, 1.165) is 17.0 Å². The molecule has 0 saturated carbocycles. The minimum atomic E-state index is -0.823. The van der Waals surface area contributed by atoms with Crippen molar-refractivity contribution in [1.82, 2.24) is 14.7 Å². The van der Waals surface area contributed by atoms with Crippen LogP contribution in [0.3, 0.4) is 0 Å². The van der Waals surface area contributed by atoms with Crippen molar-refractivity contribution in [3.8, 4) is 0 Å². The molecular weight excluding hydrogens is 330 g/mol. The Morgan fingerprint density at radius 1 is 1.19 bits per heavy atom. The van der Waals surface area contributed by atoms with Crippen LogP contribution in [-0.4, -0.2) is 38.2 Å². The lowest BCUT2D eigenvalue weighted by Gasteiger charge is -2.27. The molecule has 26 heavy (non-hydrogen) atoms. The molecule has 1 aliphatic heterocycles. The van der Waals surface area contributed by atoms with Crippen LogP contribution in [0.2, 0.25) is 0 Å². The molecule has 1 amide bonds. The number of carboxylic acids is 1. The molecule has 6 heteroatoms. The Labute approximate surface area is 153 Å². The molecule has 0 atom stereocenters. The molecule has 0 fully saturated rings. The molecule has 0 bridgehead atoms. The summed E-state index contributed by atoms with van der Waals surface area (Å²) in [5.74, 6) is -0.226. The number of amides is 1. The zero-order chi connectivity index (χ0) is 18.7. The number of hydrogen-bond donors (Lipinski definition) is 1. The second kappa shape index (κ2) is 7.72. The topological polar surface area (TPSA) is 75.4 Å². The second-order valence-electron chi connectivity index (χ2n) is 7.13. The van der Waals surface area contributed by atoms with Gasteiger partial charge in [0.2, 0.25) is 5.91 Å². The number of carbonyl (C=O) groups is 2. The number of hydrogen-bond acceptors (Lipinski definition) is 3. The van der Waals surface area contributed by atoms with Gasteiger partial charge in [0.05, 0.1) is 37.3 Å². The summed E-state index contributed by atoms with van der Waals surface area (Å²) in [7, 11) is 0. The SMILES string of the molecule is CC(C)c1ccc(CC(=O)N2CCn3nc(CCC(=O)O)cc3C2)cc1. The third kappa shape index (κ3) is 4.31. The van der Waals surface area contributed by atoms with Crippen molar-refractivity contribution in [2.45, 2.75) is 52.1 Å². The highest BCUT2D eigenvalue weighted by Crippen LogP contribution is 2.18. The van der Waals surface area contributed by atoms with Gasteiger partial charge in [-0.2, -0.15) is 5.10 Å². The molecule has 0 spiro atoms. The van der Waals surface area contributed by atoms with Crippen molar-refractivity contribution in [1.29, 1.82) is 0 Å². The summed E-state index contributed by atoms with van der Waals surface area (Å²) in [5.41, 5.74) is 4.05. The van der Waals surface area contributed by atoms with Gasteiger partial charge in [-0.25, -0.2) is 0 Å². The maximum absolute atomic E-state index is 12.6. The Balaban J connectivity index is 1.60. The van der Waals surface area contributed by atoms with Gasteiger partial charge < -0.3 is 10.0 Å². The van der Waals surface area contributed by atoms with Crippen LogP contribution in [0.5, 0.6) is 0 Å². The molecule has 0 unspecified atom stereocenters. The lowest BCUT2D eigenvalue weighted by atomic mass is 10.0. The second-order valence-corrected chi connectivity index (χ2v) is 7.13. The Kier molecular flexibility index (Phi) is 5.40. The zero-order valence-corrected chi connectivity index (χ0v) is 15.3. The van der Waals surface area contributed by atoms with Crippen molar-refractivity contribution in [2.75, 3.05) is 6.54 Å². The number of rotatable bonds is 6. The molecule has 1 aliphatic rings. The first-order valence-electron chi connectivity index (χ1n) is 9.06. The van der Waals surface area contributed by atoms with Crippen LogP contribution in [0.15, 0.2) is 30.3 Å². The van der Waals surface area contributed by atoms with E-state index in [1.54, 1.807) is 0 Å². The first-order valence-corrected chi connectivity index (χ1v) is 9.06. The number of fused-ring (bicyclic) bond motifs is 1. The normalized spacial score (nSPS) is 13.7. The predicted molar refractivity (Wildman–Crippen MR) is 97.8 cm³/mol. The maximum atomic E-state index is 12.6. The minimum Gasteiger partial charge on any atom is -0.481 e. The van der Waals surface area contributed by atoms with Crippen LogP contribution in [0, 0.1) is 0 Å². The van der Waals surface area contributed by atoms with Gasteiger partial charge in [0.1, 0.15) is 0 Å². The molecule has 0 aliphatic carbocycles. The smallest absolute Gasteiger partial charge is 0.303 e. The molecule has 0 radical (unpaired) electrons. The highest BCUT2D eigenvalue weighted by Gasteiger charge is 2.22. The summed E-state index contributed by atoms with van der Waals surface area (Å²) >= 11 is 0. The van der Waals surface area contributed by atoms with Crippen molar-refractivity contribution in [2.24, 2.45) is 0 Å². The Hall–Kier alpha value is -2.63. The molecule has 6 nitrogen and oxygen atoms in total. The number of carboxylic acid groups (broad SMARTS) is 1. The van der Waals surface area contributed by atoms with E-state index in [0.29, 0.717) is 38.4 Å². The first kappa shape index (κ1) is 18.2. The largest absolute Gasteiger partial charge is 0.481 e. The summed E-state index contributed by atoms with van der Waals surface area (Å²) in [6.45, 7) is 6.13. The molecular formula is C20H25N3O3. The lowest BCUT2D eigenvalue weighted by molar-refractivity contribution is -0.137. The Morgan fingerprint density at radius 2 is 1.92 bits per heavy atom. The predicted octanol–water partition coefficient (Wildman–Crippen LogP) is 2.61. The fourth-order valence-corrected chi connectivity index (χ4v) is 3.20. The van der Waals surface area contributed by atoms with E-state index in [4.69, 9.17) is 5.11 Å². The number of carbonyl (C=O) groups excluding carboxylic acids is 1. The molecule has 2 aromatic rings. The average Bonchev–Trinajstić information content (AvgIpc) is 3.02. The van der Waals surface area contributed by atoms with Gasteiger partial charge in [0.15, 0.2) is 0 Å². The molecule has 138 valence electrons. The zero-order valence-electron chi connectivity index (χ0n) is 15.3. The van der Waals surface area contributed by atoms with Gasteiger partial charge in [-0.1, -0.05) is 38.1 Å². The van der Waals surface area contributed by atoms with Crippen LogP contribution >= 0.6 is 0 Å². The van der Waals surface area contributed by atoms with Crippen LogP contribution in [0.25, 0.3) is 0 Å². The van der Waals surface area contributed by atoms with E-state index >= 15 is 0 Å². The van der Waals surface area contributed by atoms with Crippen LogP contribution in [0.4, 0.5) is 0 Å². The quantitative estimate of drug-likeness (QED) is 0.864. The highest BCUT2D eigenvalue weighted by atomic mass is 16.4. The average molecular weight is 355 g/mol. The number of aryl methyl sites for hydroxylation is 1. The van der Waals surface area contributed by atoms with E-state index in [1.807, 2.05) is 27.8 Å². The van der Waals surface area contributed by atoms with E-state index in [-0.39, 0.29) is 12.3 Å². The summed E-state index contributed by atoms with van der Waals surface area (Å²) in [5, 5.41) is 13.2. The van der Waals surface area contributed by atoms with Crippen LogP contribution in [-0.2, 0) is 35.5 Å². The number of benzene rings is 1. The molecule has 1 N–H and O–H groups in total. The number of nitrogens with zero attached hydrogens (tertiary/aromatic N) is 3. The minimum absolute atomic E-state index is 0.0749. The van der Waals surface area contributed by atoms with Crippen molar-refractivity contribution >= 4 is 11.9 Å². The van der Waals surface area contributed by atoms with Gasteiger partial charge in [-0.05, 0) is 23.1 Å². The standard InChI is InChI=1S/C20H25N3O3/c1-14(2)16-5-3-15(4-6-16)11-19(24)22-9-10-23-18(13-22)12-17(21-23)7-8-20(25)26/h3-6,12,14H,7-11,13H2,1-2H3,(H,25,26). The molecule has 2 heterocycles. The highest BCUT2D eigenvalue weighted by molar-refractivity contribution is 5.78. The van der Waals surface area contributed by atoms with Gasteiger partial charge in [0, 0.05) is 13.0 Å². The van der Waals surface area contributed by atoms with E-state index in [1.165, 1.54) is 5.56 Å². The fraction of sp³-hybridized carbons (Fsp3) is 0.450. The van der Waals surface area contributed by atoms with E-state index < -0.39 is 5.97 Å². The summed E-state index contributed by atoms with van der Waals surface area (Å²) in [6, 6.07) is 10.2. The first-order chi connectivity index (χ1) is 12.4. The molecule has 1 aromatic carbocycles. The Morgan fingerprint density at radius 3 is 2.58 bits per heavy atom. The third-order valence-electron chi connectivity index (χ3n) is 4.80. The number of aromatic nitrogens is 2. The van der Waals surface area contributed by atoms with Gasteiger partial charge >= 0.3 is 5.97 Å². The Bertz CT molecular complexity index is 793. The summed E-state index contributed by atoms with van der Waals surface area (Å²) in [4.78, 5) is 25.2. The summed E-state index contributed by atoms with van der Waals surface area (Å²) < 4.78 is 1.89. The number of aliphatic carboxylic acids is 1. The van der Waals surface area contributed by atoms with Crippen molar-refractivity contribution < 1.29 is 14.7 Å². The molecule has 1 aromatic heterocycles.